The predicted octanol–water partition coefficient (Wildman–Crippen LogP) is 3.55. The van der Waals surface area contributed by atoms with Gasteiger partial charge in [0.25, 0.3) is 0 Å². The lowest BCUT2D eigenvalue weighted by Crippen LogP contribution is -2.06. The first kappa shape index (κ1) is 15.2. The fourth-order valence-corrected chi connectivity index (χ4v) is 2.73. The highest BCUT2D eigenvalue weighted by atomic mass is 16.5. The van der Waals surface area contributed by atoms with E-state index in [2.05, 4.69) is 4.99 Å². The number of nitrogens with zero attached hydrogens (tertiary/aromatic N) is 1. The molecule has 2 aromatic carbocycles. The lowest BCUT2D eigenvalue weighted by molar-refractivity contribution is 0.0600. The minimum Gasteiger partial charge on any atom is -0.465 e. The number of carbonyl (C=O) groups excluding carboxylic acids is 2. The van der Waals surface area contributed by atoms with Crippen LogP contribution in [0.4, 0.5) is 5.69 Å². The average molecular weight is 307 g/mol. The molecule has 1 aliphatic rings. The number of rotatable bonds is 4. The van der Waals surface area contributed by atoms with Crippen LogP contribution < -0.4 is 0 Å². The highest BCUT2D eigenvalue weighted by molar-refractivity contribution is 6.00. The highest BCUT2D eigenvalue weighted by Crippen LogP contribution is 2.28. The molecule has 3 rings (SSSR count). The Labute approximate surface area is 134 Å². The van der Waals surface area contributed by atoms with Gasteiger partial charge in [-0.15, -0.1) is 0 Å². The Kier molecular flexibility index (Phi) is 4.06. The Morgan fingerprint density at radius 2 is 1.96 bits per heavy atom. The number of ketones is 1. The number of Topliss-reactive ketones (excluding diaryl/α,β-unsaturated/α-hetero) is 1. The standard InChI is InChI=1S/C19H17NO3/c1-12-8-14-6-7-15(11-17(14)20-12)18(21)10-13-4-3-5-16(9-13)19(22)23-2/h3-7,9,11H,8,10H2,1-2H3. The molecule has 0 saturated carbocycles. The number of ether oxygens (including phenoxy) is 1. The summed E-state index contributed by atoms with van der Waals surface area (Å²) in [5.41, 5.74) is 4.99. The maximum Gasteiger partial charge on any atom is 0.337 e. The van der Waals surface area contributed by atoms with Gasteiger partial charge in [0, 0.05) is 24.1 Å². The van der Waals surface area contributed by atoms with Crippen LogP contribution in [0.1, 0.15) is 38.8 Å². The van der Waals surface area contributed by atoms with E-state index in [1.54, 1.807) is 18.2 Å². The van der Waals surface area contributed by atoms with Crippen molar-refractivity contribution in [2.75, 3.05) is 7.11 Å². The second kappa shape index (κ2) is 6.16. The van der Waals surface area contributed by atoms with Crippen molar-refractivity contribution in [1.29, 1.82) is 0 Å². The summed E-state index contributed by atoms with van der Waals surface area (Å²) in [7, 11) is 1.34. The summed E-state index contributed by atoms with van der Waals surface area (Å²) in [5.74, 6) is -0.392. The van der Waals surface area contributed by atoms with Crippen LogP contribution in [0, 0.1) is 0 Å². The monoisotopic (exact) mass is 307 g/mol. The van der Waals surface area contributed by atoms with E-state index in [1.165, 1.54) is 7.11 Å². The Bertz CT molecular complexity index is 821. The van der Waals surface area contributed by atoms with Gasteiger partial charge in [0.2, 0.25) is 0 Å². The van der Waals surface area contributed by atoms with Crippen LogP contribution >= 0.6 is 0 Å². The van der Waals surface area contributed by atoms with Crippen molar-refractivity contribution >= 4 is 23.2 Å². The van der Waals surface area contributed by atoms with Crippen LogP contribution in [-0.2, 0) is 17.6 Å². The fraction of sp³-hybridized carbons (Fsp3) is 0.211. The second-order valence-corrected chi connectivity index (χ2v) is 5.66. The molecule has 4 nitrogen and oxygen atoms in total. The second-order valence-electron chi connectivity index (χ2n) is 5.66. The molecule has 0 radical (unpaired) electrons. The summed E-state index contributed by atoms with van der Waals surface area (Å²) in [6.45, 7) is 1.99. The SMILES string of the molecule is COC(=O)c1cccc(CC(=O)c2ccc3c(c2)N=C(C)C3)c1. The number of methoxy groups -OCH3 is 1. The third-order valence-electron chi connectivity index (χ3n) is 3.88. The maximum absolute atomic E-state index is 12.5. The molecule has 1 heterocycles. The molecule has 23 heavy (non-hydrogen) atoms. The lowest BCUT2D eigenvalue weighted by atomic mass is 9.99. The van der Waals surface area contributed by atoms with Crippen LogP contribution in [0.25, 0.3) is 0 Å². The third-order valence-corrected chi connectivity index (χ3v) is 3.88. The van der Waals surface area contributed by atoms with Gasteiger partial charge in [0.15, 0.2) is 5.78 Å². The first-order valence-electron chi connectivity index (χ1n) is 7.44. The zero-order valence-corrected chi connectivity index (χ0v) is 13.1. The lowest BCUT2D eigenvalue weighted by Gasteiger charge is -2.05. The van der Waals surface area contributed by atoms with Crippen molar-refractivity contribution in [2.24, 2.45) is 4.99 Å². The van der Waals surface area contributed by atoms with Crippen molar-refractivity contribution in [1.82, 2.24) is 0 Å². The van der Waals surface area contributed by atoms with Gasteiger partial charge in [-0.2, -0.15) is 0 Å². The van der Waals surface area contributed by atoms with Crippen LogP contribution in [0.15, 0.2) is 47.5 Å². The Hall–Kier alpha value is -2.75. The highest BCUT2D eigenvalue weighted by Gasteiger charge is 2.15. The Balaban J connectivity index is 1.80. The molecule has 0 amide bonds. The van der Waals surface area contributed by atoms with Gasteiger partial charge in [-0.05, 0) is 36.2 Å². The summed E-state index contributed by atoms with van der Waals surface area (Å²) in [6, 6.07) is 12.6. The van der Waals surface area contributed by atoms with Gasteiger partial charge in [-0.1, -0.05) is 24.3 Å². The van der Waals surface area contributed by atoms with E-state index in [4.69, 9.17) is 4.74 Å². The maximum atomic E-state index is 12.5. The molecule has 0 bridgehead atoms. The van der Waals surface area contributed by atoms with Gasteiger partial charge in [0.05, 0.1) is 18.4 Å². The molecule has 0 N–H and O–H groups in total. The first-order chi connectivity index (χ1) is 11.1. The minimum atomic E-state index is -0.401. The first-order valence-corrected chi connectivity index (χ1v) is 7.44. The van der Waals surface area contributed by atoms with Gasteiger partial charge in [-0.3, -0.25) is 9.79 Å². The molecule has 2 aromatic rings. The molecule has 0 aliphatic carbocycles. The molecule has 0 spiro atoms. The van der Waals surface area contributed by atoms with E-state index in [9.17, 15) is 9.59 Å². The number of hydrogen-bond acceptors (Lipinski definition) is 4. The average Bonchev–Trinajstić information content (AvgIpc) is 2.93. The zero-order valence-electron chi connectivity index (χ0n) is 13.1. The molecule has 0 saturated heterocycles. The largest absolute Gasteiger partial charge is 0.465 e. The van der Waals surface area contributed by atoms with Crippen LogP contribution in [0.3, 0.4) is 0 Å². The van der Waals surface area contributed by atoms with Crippen LogP contribution in [0.5, 0.6) is 0 Å². The van der Waals surface area contributed by atoms with Gasteiger partial charge in [-0.25, -0.2) is 4.79 Å². The van der Waals surface area contributed by atoms with E-state index < -0.39 is 5.97 Å². The van der Waals surface area contributed by atoms with E-state index in [0.29, 0.717) is 11.1 Å². The van der Waals surface area contributed by atoms with E-state index in [1.807, 2.05) is 31.2 Å². The topological polar surface area (TPSA) is 55.7 Å². The quantitative estimate of drug-likeness (QED) is 0.641. The Morgan fingerprint density at radius 1 is 1.13 bits per heavy atom. The summed E-state index contributed by atoms with van der Waals surface area (Å²) in [5, 5.41) is 0. The van der Waals surface area contributed by atoms with Crippen molar-refractivity contribution in [3.8, 4) is 0 Å². The van der Waals surface area contributed by atoms with E-state index in [0.717, 1.165) is 28.9 Å². The normalized spacial score (nSPS) is 12.5. The summed E-state index contributed by atoms with van der Waals surface area (Å²) in [6.07, 6.45) is 1.09. The van der Waals surface area contributed by atoms with Crippen molar-refractivity contribution < 1.29 is 14.3 Å². The number of fused-ring (bicyclic) bond motifs is 1. The smallest absolute Gasteiger partial charge is 0.337 e. The van der Waals surface area contributed by atoms with E-state index in [-0.39, 0.29) is 12.2 Å². The number of esters is 1. The van der Waals surface area contributed by atoms with Crippen LogP contribution in [0.2, 0.25) is 0 Å². The number of benzene rings is 2. The summed E-state index contributed by atoms with van der Waals surface area (Å²) in [4.78, 5) is 28.5. The minimum absolute atomic E-state index is 0.00886. The molecule has 0 unspecified atom stereocenters. The molecular weight excluding hydrogens is 290 g/mol. The van der Waals surface area contributed by atoms with E-state index >= 15 is 0 Å². The van der Waals surface area contributed by atoms with Gasteiger partial charge in [0.1, 0.15) is 0 Å². The predicted molar refractivity (Wildman–Crippen MR) is 88.7 cm³/mol. The molecule has 4 heteroatoms. The summed E-state index contributed by atoms with van der Waals surface area (Å²) >= 11 is 0. The third kappa shape index (κ3) is 3.21. The Morgan fingerprint density at radius 3 is 2.74 bits per heavy atom. The van der Waals surface area contributed by atoms with Crippen molar-refractivity contribution in [2.45, 2.75) is 19.8 Å². The summed E-state index contributed by atoms with van der Waals surface area (Å²) < 4.78 is 4.70. The van der Waals surface area contributed by atoms with Gasteiger partial charge < -0.3 is 4.74 Å². The number of aliphatic imine (C=N–C) groups is 1. The molecule has 0 atom stereocenters. The number of hydrogen-bond donors (Lipinski definition) is 0. The fourth-order valence-electron chi connectivity index (χ4n) is 2.73. The molecule has 1 aliphatic heterocycles. The molecular formula is C19H17NO3. The van der Waals surface area contributed by atoms with Crippen LogP contribution in [-0.4, -0.2) is 24.6 Å². The van der Waals surface area contributed by atoms with Gasteiger partial charge >= 0.3 is 5.97 Å². The number of carbonyl (C=O) groups is 2. The zero-order chi connectivity index (χ0) is 16.4. The van der Waals surface area contributed by atoms with Crippen molar-refractivity contribution in [3.63, 3.8) is 0 Å². The molecule has 0 aromatic heterocycles. The molecule has 0 fully saturated rings. The molecule has 116 valence electrons. The van der Waals surface area contributed by atoms with Crippen molar-refractivity contribution in [3.05, 3.63) is 64.7 Å².